The molecule has 1 atom stereocenters. The van der Waals surface area contributed by atoms with Crippen LogP contribution in [-0.4, -0.2) is 76.8 Å². The third kappa shape index (κ3) is 4.20. The third-order valence-corrected chi connectivity index (χ3v) is 6.12. The lowest BCUT2D eigenvalue weighted by molar-refractivity contribution is 0.105. The van der Waals surface area contributed by atoms with Crippen LogP contribution in [-0.2, 0) is 5.54 Å². The summed E-state index contributed by atoms with van der Waals surface area (Å²) in [6.45, 7) is 14.1. The summed E-state index contributed by atoms with van der Waals surface area (Å²) in [5.74, 6) is 0.939. The molecule has 1 aliphatic rings. The molecule has 2 aromatic rings. The number of rotatable bonds is 7. The van der Waals surface area contributed by atoms with Crippen molar-refractivity contribution in [2.24, 2.45) is 0 Å². The van der Waals surface area contributed by atoms with Gasteiger partial charge in [0.15, 0.2) is 5.82 Å². The van der Waals surface area contributed by atoms with Crippen LogP contribution in [0.5, 0.6) is 0 Å². The highest BCUT2D eigenvalue weighted by molar-refractivity contribution is 5.47. The maximum atomic E-state index is 4.52. The standard InChI is InChI=1S/C21H35N7/c1-7-21(3,4)28-20(22-23-24-28)19(27-15-13-26(8-2)14-16-27)17-9-11-18(12-10-17)25(5)6/h9-12,19H,7-8,13-16H2,1-6H3. The maximum Gasteiger partial charge on any atom is 0.173 e. The van der Waals surface area contributed by atoms with Crippen molar-refractivity contribution in [1.82, 2.24) is 30.0 Å². The number of anilines is 1. The summed E-state index contributed by atoms with van der Waals surface area (Å²) in [7, 11) is 4.14. The van der Waals surface area contributed by atoms with E-state index < -0.39 is 0 Å². The van der Waals surface area contributed by atoms with Crippen LogP contribution in [0.2, 0.25) is 0 Å². The van der Waals surface area contributed by atoms with Crippen molar-refractivity contribution in [3.05, 3.63) is 35.7 Å². The second-order valence-electron chi connectivity index (χ2n) is 8.47. The van der Waals surface area contributed by atoms with Crippen molar-refractivity contribution >= 4 is 5.69 Å². The summed E-state index contributed by atoms with van der Waals surface area (Å²) < 4.78 is 2.03. The second kappa shape index (κ2) is 8.57. The van der Waals surface area contributed by atoms with E-state index in [1.807, 2.05) is 4.68 Å². The molecule has 1 unspecified atom stereocenters. The molecular weight excluding hydrogens is 350 g/mol. The van der Waals surface area contributed by atoms with Gasteiger partial charge in [-0.15, -0.1) is 5.10 Å². The van der Waals surface area contributed by atoms with Gasteiger partial charge in [-0.2, -0.15) is 0 Å². The van der Waals surface area contributed by atoms with Gasteiger partial charge in [-0.05, 0) is 54.9 Å². The normalized spacial score (nSPS) is 17.6. The minimum Gasteiger partial charge on any atom is -0.378 e. The first kappa shape index (κ1) is 20.7. The number of hydrogen-bond donors (Lipinski definition) is 0. The van der Waals surface area contributed by atoms with E-state index in [9.17, 15) is 0 Å². The highest BCUT2D eigenvalue weighted by atomic mass is 15.6. The summed E-state index contributed by atoms with van der Waals surface area (Å²) in [5, 5.41) is 13.0. The Kier molecular flexibility index (Phi) is 6.35. The van der Waals surface area contributed by atoms with E-state index in [0.29, 0.717) is 0 Å². The average molecular weight is 386 g/mol. The van der Waals surface area contributed by atoms with Gasteiger partial charge in [-0.3, -0.25) is 4.90 Å². The molecule has 1 aromatic carbocycles. The largest absolute Gasteiger partial charge is 0.378 e. The van der Waals surface area contributed by atoms with E-state index in [4.69, 9.17) is 0 Å². The SMILES string of the molecule is CCN1CCN(C(c2ccc(N(C)C)cc2)c2nnnn2C(C)(C)CC)CC1. The van der Waals surface area contributed by atoms with Crippen molar-refractivity contribution in [3.63, 3.8) is 0 Å². The van der Waals surface area contributed by atoms with Gasteiger partial charge in [0.05, 0.1) is 11.6 Å². The Labute approximate surface area is 169 Å². The molecular formula is C21H35N7. The van der Waals surface area contributed by atoms with E-state index in [1.54, 1.807) is 0 Å². The van der Waals surface area contributed by atoms with Gasteiger partial charge in [0, 0.05) is 46.0 Å². The zero-order chi connectivity index (χ0) is 20.3. The molecule has 0 aliphatic carbocycles. The Morgan fingerprint density at radius 2 is 1.68 bits per heavy atom. The second-order valence-corrected chi connectivity index (χ2v) is 8.47. The first-order valence-electron chi connectivity index (χ1n) is 10.4. The zero-order valence-electron chi connectivity index (χ0n) is 18.3. The average Bonchev–Trinajstić information content (AvgIpc) is 3.19. The molecule has 0 N–H and O–H groups in total. The lowest BCUT2D eigenvalue weighted by Crippen LogP contribution is -2.48. The molecule has 0 bridgehead atoms. The van der Waals surface area contributed by atoms with Crippen LogP contribution in [0, 0.1) is 0 Å². The lowest BCUT2D eigenvalue weighted by Gasteiger charge is -2.39. The Morgan fingerprint density at radius 3 is 2.21 bits per heavy atom. The van der Waals surface area contributed by atoms with Crippen LogP contribution in [0.4, 0.5) is 5.69 Å². The number of benzene rings is 1. The predicted octanol–water partition coefficient (Wildman–Crippen LogP) is 2.61. The number of likely N-dealkylation sites (N-methyl/N-ethyl adjacent to an activating group) is 1. The van der Waals surface area contributed by atoms with E-state index in [1.165, 1.54) is 11.3 Å². The van der Waals surface area contributed by atoms with Crippen molar-refractivity contribution in [3.8, 4) is 0 Å². The fraction of sp³-hybridized carbons (Fsp3) is 0.667. The number of piperazine rings is 1. The molecule has 1 saturated heterocycles. The van der Waals surface area contributed by atoms with Gasteiger partial charge in [0.1, 0.15) is 0 Å². The van der Waals surface area contributed by atoms with E-state index in [-0.39, 0.29) is 11.6 Å². The Balaban J connectivity index is 2.00. The molecule has 0 radical (unpaired) electrons. The molecule has 3 rings (SSSR count). The smallest absolute Gasteiger partial charge is 0.173 e. The summed E-state index contributed by atoms with van der Waals surface area (Å²) in [6.07, 6.45) is 0.973. The Morgan fingerprint density at radius 1 is 1.04 bits per heavy atom. The highest BCUT2D eigenvalue weighted by Gasteiger charge is 2.33. The quantitative estimate of drug-likeness (QED) is 0.730. The van der Waals surface area contributed by atoms with E-state index >= 15 is 0 Å². The van der Waals surface area contributed by atoms with Gasteiger partial charge >= 0.3 is 0 Å². The molecule has 0 amide bonds. The molecule has 2 heterocycles. The number of tetrazole rings is 1. The van der Waals surface area contributed by atoms with Crippen LogP contribution in [0.25, 0.3) is 0 Å². The first-order chi connectivity index (χ1) is 13.4. The summed E-state index contributed by atoms with van der Waals surface area (Å²) in [6, 6.07) is 8.89. The minimum atomic E-state index is -0.119. The van der Waals surface area contributed by atoms with Crippen LogP contribution in [0.3, 0.4) is 0 Å². The topological polar surface area (TPSA) is 53.3 Å². The molecule has 154 valence electrons. The van der Waals surface area contributed by atoms with Crippen LogP contribution < -0.4 is 4.90 Å². The molecule has 0 spiro atoms. The van der Waals surface area contributed by atoms with Gasteiger partial charge in [0.25, 0.3) is 0 Å². The summed E-state index contributed by atoms with van der Waals surface area (Å²) >= 11 is 0. The van der Waals surface area contributed by atoms with Gasteiger partial charge < -0.3 is 9.80 Å². The van der Waals surface area contributed by atoms with E-state index in [0.717, 1.165) is 45.0 Å². The van der Waals surface area contributed by atoms with Crippen LogP contribution in [0.1, 0.15) is 51.5 Å². The molecule has 1 aromatic heterocycles. The molecule has 1 aliphatic heterocycles. The van der Waals surface area contributed by atoms with Crippen molar-refractivity contribution in [2.75, 3.05) is 51.7 Å². The summed E-state index contributed by atoms with van der Waals surface area (Å²) in [4.78, 5) is 7.16. The van der Waals surface area contributed by atoms with Gasteiger partial charge in [-0.25, -0.2) is 4.68 Å². The first-order valence-corrected chi connectivity index (χ1v) is 10.4. The Hall–Kier alpha value is -1.99. The minimum absolute atomic E-state index is 0.0658. The maximum absolute atomic E-state index is 4.52. The van der Waals surface area contributed by atoms with Crippen molar-refractivity contribution in [2.45, 2.75) is 45.7 Å². The van der Waals surface area contributed by atoms with Gasteiger partial charge in [-0.1, -0.05) is 26.0 Å². The zero-order valence-corrected chi connectivity index (χ0v) is 18.3. The fourth-order valence-electron chi connectivity index (χ4n) is 3.76. The molecule has 1 fully saturated rings. The van der Waals surface area contributed by atoms with E-state index in [2.05, 4.69) is 96.3 Å². The number of hydrogen-bond acceptors (Lipinski definition) is 6. The van der Waals surface area contributed by atoms with Crippen molar-refractivity contribution < 1.29 is 0 Å². The third-order valence-electron chi connectivity index (χ3n) is 6.12. The lowest BCUT2D eigenvalue weighted by atomic mass is 9.99. The Bertz CT molecular complexity index is 742. The molecule has 0 saturated carbocycles. The predicted molar refractivity (Wildman–Crippen MR) is 114 cm³/mol. The molecule has 7 nitrogen and oxygen atoms in total. The fourth-order valence-corrected chi connectivity index (χ4v) is 3.76. The number of nitrogens with zero attached hydrogens (tertiary/aromatic N) is 7. The summed E-state index contributed by atoms with van der Waals surface area (Å²) in [5.41, 5.74) is 2.33. The van der Waals surface area contributed by atoms with Gasteiger partial charge in [0.2, 0.25) is 0 Å². The van der Waals surface area contributed by atoms with Crippen molar-refractivity contribution in [1.29, 1.82) is 0 Å². The monoisotopic (exact) mass is 385 g/mol. The van der Waals surface area contributed by atoms with Crippen LogP contribution >= 0.6 is 0 Å². The highest BCUT2D eigenvalue weighted by Crippen LogP contribution is 2.32. The molecule has 7 heteroatoms. The van der Waals surface area contributed by atoms with Crippen LogP contribution in [0.15, 0.2) is 24.3 Å². The molecule has 28 heavy (non-hydrogen) atoms. The number of aromatic nitrogens is 4.